The number of fused-ring (bicyclic) bond motifs is 6. The van der Waals surface area contributed by atoms with Gasteiger partial charge in [-0.15, -0.1) is 0 Å². The third-order valence-electron chi connectivity index (χ3n) is 13.8. The van der Waals surface area contributed by atoms with Crippen molar-refractivity contribution in [3.63, 3.8) is 0 Å². The van der Waals surface area contributed by atoms with Crippen LogP contribution >= 0.6 is 0 Å². The van der Waals surface area contributed by atoms with Crippen LogP contribution in [0.5, 0.6) is 0 Å². The zero-order valence-electron chi connectivity index (χ0n) is 37.3. The highest BCUT2D eigenvalue weighted by Crippen LogP contribution is 2.37. The molecule has 4 nitrogen and oxygen atoms in total. The van der Waals surface area contributed by atoms with Gasteiger partial charge in [-0.25, -0.2) is 0 Å². The van der Waals surface area contributed by atoms with Crippen molar-refractivity contribution in [1.82, 2.24) is 19.8 Å². The lowest BCUT2D eigenvalue weighted by Crippen LogP contribution is -2.39. The molecule has 68 heavy (non-hydrogen) atoms. The average molecular weight is 871 g/mol. The van der Waals surface area contributed by atoms with Gasteiger partial charge in [-0.1, -0.05) is 194 Å². The summed E-state index contributed by atoms with van der Waals surface area (Å²) >= 11 is 0. The summed E-state index contributed by atoms with van der Waals surface area (Å²) in [5.74, 6) is 0. The fourth-order valence-corrected chi connectivity index (χ4v) is 10.5. The van der Waals surface area contributed by atoms with Gasteiger partial charge >= 0.3 is 0 Å². The molecule has 0 spiro atoms. The molecule has 0 bridgehead atoms. The summed E-state index contributed by atoms with van der Waals surface area (Å²) in [5, 5.41) is 13.0. The number of hydrogen-bond acceptors (Lipinski definition) is 2. The van der Waals surface area contributed by atoms with Gasteiger partial charge in [0, 0.05) is 38.6 Å². The average Bonchev–Trinajstić information content (AvgIpc) is 3.94. The van der Waals surface area contributed by atoms with Crippen LogP contribution in [0.25, 0.3) is 94.1 Å². The molecule has 10 aromatic carbocycles. The summed E-state index contributed by atoms with van der Waals surface area (Å²) in [7, 11) is 0. The Hall–Kier alpha value is -8.70. The van der Waals surface area contributed by atoms with Crippen molar-refractivity contribution in [1.29, 1.82) is 0 Å². The lowest BCUT2D eigenvalue weighted by atomic mass is 9.95. The molecule has 12 aromatic rings. The third-order valence-corrected chi connectivity index (χ3v) is 13.8. The Balaban J connectivity index is 0.860. The molecule has 3 heterocycles. The number of aromatic nitrogens is 2. The fraction of sp³-hybridized carbons (Fsp3) is 0.0312. The van der Waals surface area contributed by atoms with Crippen molar-refractivity contribution in [2.45, 2.75) is 12.2 Å². The molecule has 0 aliphatic carbocycles. The predicted molar refractivity (Wildman–Crippen MR) is 284 cm³/mol. The van der Waals surface area contributed by atoms with E-state index in [-0.39, 0.29) is 12.2 Å². The molecule has 4 heteroatoms. The maximum Gasteiger partial charge on any atom is 0.104 e. The molecule has 0 saturated carbocycles. The number of para-hydroxylation sites is 4. The van der Waals surface area contributed by atoms with Gasteiger partial charge in [-0.05, 0) is 111 Å². The zero-order valence-corrected chi connectivity index (χ0v) is 37.3. The van der Waals surface area contributed by atoms with Crippen LogP contribution < -0.4 is 10.6 Å². The second kappa shape index (κ2) is 16.6. The van der Waals surface area contributed by atoms with Crippen molar-refractivity contribution < 1.29 is 0 Å². The minimum atomic E-state index is -0.169. The molecule has 1 aliphatic heterocycles. The van der Waals surface area contributed by atoms with Gasteiger partial charge in [0.1, 0.15) is 6.17 Å². The first-order valence-corrected chi connectivity index (χ1v) is 23.5. The summed E-state index contributed by atoms with van der Waals surface area (Å²) in [4.78, 5) is 0. The van der Waals surface area contributed by atoms with E-state index >= 15 is 0 Å². The molecule has 1 aliphatic rings. The van der Waals surface area contributed by atoms with Gasteiger partial charge in [0.15, 0.2) is 0 Å². The fourth-order valence-electron chi connectivity index (χ4n) is 10.5. The van der Waals surface area contributed by atoms with Crippen LogP contribution in [0.1, 0.15) is 28.9 Å². The summed E-state index contributed by atoms with van der Waals surface area (Å²) in [6.45, 7) is 0. The van der Waals surface area contributed by atoms with Crippen LogP contribution in [0.15, 0.2) is 255 Å². The Kier molecular flexibility index (Phi) is 9.69. The molecule has 0 amide bonds. The van der Waals surface area contributed by atoms with Crippen LogP contribution in [0.3, 0.4) is 0 Å². The maximum atomic E-state index is 4.01. The number of nitrogens with zero attached hydrogens (tertiary/aromatic N) is 2. The second-order valence-electron chi connectivity index (χ2n) is 17.8. The molecule has 2 aromatic heterocycles. The third kappa shape index (κ3) is 6.98. The number of benzene rings is 10. The SMILES string of the molecule is C1=C(c2ccc(-c3cccc(-n4c5ccccc5c5ccccc54)c3)cc2)NC(c2cccc(-n3c4ccccc4c4ccccc43)c2)NC1c1ccc(-c2cccc(-c3ccccc3)c2)cc1. The second-order valence-corrected chi connectivity index (χ2v) is 17.8. The largest absolute Gasteiger partial charge is 0.366 e. The van der Waals surface area contributed by atoms with E-state index in [0.29, 0.717) is 0 Å². The van der Waals surface area contributed by atoms with Crippen molar-refractivity contribution in [3.05, 3.63) is 271 Å². The molecule has 0 fully saturated rings. The highest BCUT2D eigenvalue weighted by molar-refractivity contribution is 6.10. The Morgan fingerprint density at radius 2 is 0.706 bits per heavy atom. The highest BCUT2D eigenvalue weighted by Gasteiger charge is 2.25. The normalized spacial score (nSPS) is 14.9. The summed E-state index contributed by atoms with van der Waals surface area (Å²) < 4.78 is 4.78. The quantitative estimate of drug-likeness (QED) is 0.160. The van der Waals surface area contributed by atoms with Crippen molar-refractivity contribution in [2.75, 3.05) is 0 Å². The van der Waals surface area contributed by atoms with E-state index in [1.165, 1.54) is 82.6 Å². The van der Waals surface area contributed by atoms with Crippen LogP contribution in [0, 0.1) is 0 Å². The van der Waals surface area contributed by atoms with Crippen molar-refractivity contribution in [3.8, 4) is 44.8 Å². The molecular formula is C64H46N4. The van der Waals surface area contributed by atoms with Crippen LogP contribution in [0.4, 0.5) is 0 Å². The lowest BCUT2D eigenvalue weighted by Gasteiger charge is -2.33. The molecular weight excluding hydrogens is 825 g/mol. The monoisotopic (exact) mass is 870 g/mol. The van der Waals surface area contributed by atoms with E-state index in [1.807, 2.05) is 0 Å². The van der Waals surface area contributed by atoms with E-state index in [9.17, 15) is 0 Å². The number of rotatable bonds is 8. The lowest BCUT2D eigenvalue weighted by molar-refractivity contribution is 0.442. The molecule has 2 N–H and O–H groups in total. The van der Waals surface area contributed by atoms with Gasteiger partial charge in [-0.2, -0.15) is 0 Å². The Bertz CT molecular complexity index is 3750. The van der Waals surface area contributed by atoms with Crippen LogP contribution in [0.2, 0.25) is 0 Å². The van der Waals surface area contributed by atoms with Crippen LogP contribution in [-0.4, -0.2) is 9.13 Å². The standard InChI is InChI=1S/C64H46N4/c1-2-15-43(16-3-1)48-17-12-18-49(39-48)44-31-35-46(36-32-44)58-42-59(66-64(65-58)51-20-14-22-53(41-51)68-62-29-10-6-25-56(62)57-26-7-11-30-63(57)68)47-37-33-45(34-38-47)50-19-13-21-52(40-50)67-60-27-8-4-23-54(60)55-24-5-9-28-61(55)67/h1-42,58,64-66H. The van der Waals surface area contributed by atoms with E-state index in [0.717, 1.165) is 28.2 Å². The van der Waals surface area contributed by atoms with Gasteiger partial charge in [-0.3, -0.25) is 5.32 Å². The first kappa shape index (κ1) is 39.6. The maximum absolute atomic E-state index is 4.01. The molecule has 0 saturated heterocycles. The van der Waals surface area contributed by atoms with Gasteiger partial charge in [0.05, 0.1) is 28.1 Å². The van der Waals surface area contributed by atoms with E-state index in [1.54, 1.807) is 0 Å². The van der Waals surface area contributed by atoms with Crippen molar-refractivity contribution >= 4 is 49.3 Å². The van der Waals surface area contributed by atoms with E-state index < -0.39 is 0 Å². The topological polar surface area (TPSA) is 33.9 Å². The van der Waals surface area contributed by atoms with Crippen LogP contribution in [-0.2, 0) is 0 Å². The molecule has 322 valence electrons. The Labute approximate surface area is 395 Å². The molecule has 2 atom stereocenters. The first-order chi connectivity index (χ1) is 33.7. The van der Waals surface area contributed by atoms with Crippen molar-refractivity contribution in [2.24, 2.45) is 0 Å². The smallest absolute Gasteiger partial charge is 0.104 e. The van der Waals surface area contributed by atoms with Gasteiger partial charge in [0.2, 0.25) is 0 Å². The predicted octanol–water partition coefficient (Wildman–Crippen LogP) is 15.9. The minimum absolute atomic E-state index is 0.0552. The summed E-state index contributed by atoms with van der Waals surface area (Å²) in [5.41, 5.74) is 18.9. The Morgan fingerprint density at radius 1 is 0.294 bits per heavy atom. The first-order valence-electron chi connectivity index (χ1n) is 23.5. The number of hydrogen-bond donors (Lipinski definition) is 2. The summed E-state index contributed by atoms with van der Waals surface area (Å²) in [6, 6.07) is 90.2. The summed E-state index contributed by atoms with van der Waals surface area (Å²) in [6.07, 6.45) is 2.17. The molecule has 13 rings (SSSR count). The number of nitrogens with one attached hydrogen (secondary N) is 2. The van der Waals surface area contributed by atoms with E-state index in [2.05, 4.69) is 275 Å². The van der Waals surface area contributed by atoms with E-state index in [4.69, 9.17) is 0 Å². The van der Waals surface area contributed by atoms with Gasteiger partial charge in [0.25, 0.3) is 0 Å². The minimum Gasteiger partial charge on any atom is -0.366 e. The van der Waals surface area contributed by atoms with Gasteiger partial charge < -0.3 is 14.5 Å². The zero-order chi connectivity index (χ0) is 45.0. The Morgan fingerprint density at radius 3 is 1.26 bits per heavy atom. The molecule has 0 radical (unpaired) electrons. The molecule has 2 unspecified atom stereocenters. The highest BCUT2D eigenvalue weighted by atomic mass is 15.2.